The summed E-state index contributed by atoms with van der Waals surface area (Å²) in [5.41, 5.74) is 4.59. The third kappa shape index (κ3) is 2.80. The zero-order valence-electron chi connectivity index (χ0n) is 10.6. The van der Waals surface area contributed by atoms with Gasteiger partial charge in [-0.3, -0.25) is 4.98 Å². The van der Waals surface area contributed by atoms with Crippen molar-refractivity contribution < 1.29 is 17.6 Å². The Hall–Kier alpha value is -1.95. The standard InChI is InChI=1S/C14H12F4N2/c1-13(19,12-6-5-11(15)8-20-12)9-3-2-4-10(7-9)14(16,17)18/h2-8H,19H2,1H3. The molecule has 2 rings (SSSR count). The highest BCUT2D eigenvalue weighted by atomic mass is 19.4. The third-order valence-corrected chi connectivity index (χ3v) is 3.05. The third-order valence-electron chi connectivity index (χ3n) is 3.05. The summed E-state index contributed by atoms with van der Waals surface area (Å²) < 4.78 is 51.0. The molecular weight excluding hydrogens is 272 g/mol. The molecule has 0 aliphatic carbocycles. The fourth-order valence-electron chi connectivity index (χ4n) is 1.85. The molecule has 0 aliphatic heterocycles. The maximum Gasteiger partial charge on any atom is 0.416 e. The Labute approximate surface area is 113 Å². The van der Waals surface area contributed by atoms with Gasteiger partial charge >= 0.3 is 6.18 Å². The predicted molar refractivity (Wildman–Crippen MR) is 66.3 cm³/mol. The number of nitrogens with two attached hydrogens (primary N) is 1. The van der Waals surface area contributed by atoms with Crippen LogP contribution in [0.5, 0.6) is 0 Å². The van der Waals surface area contributed by atoms with Gasteiger partial charge in [-0.05, 0) is 36.8 Å². The van der Waals surface area contributed by atoms with Gasteiger partial charge in [-0.1, -0.05) is 12.1 Å². The highest BCUT2D eigenvalue weighted by molar-refractivity contribution is 5.36. The van der Waals surface area contributed by atoms with Gasteiger partial charge in [-0.2, -0.15) is 13.2 Å². The van der Waals surface area contributed by atoms with Crippen molar-refractivity contribution in [3.63, 3.8) is 0 Å². The molecule has 0 aliphatic rings. The van der Waals surface area contributed by atoms with Crippen LogP contribution in [0.2, 0.25) is 0 Å². The van der Waals surface area contributed by atoms with E-state index in [9.17, 15) is 17.6 Å². The minimum absolute atomic E-state index is 0.256. The molecule has 0 amide bonds. The van der Waals surface area contributed by atoms with Gasteiger partial charge in [0.05, 0.1) is 23.0 Å². The van der Waals surface area contributed by atoms with Crippen molar-refractivity contribution in [2.45, 2.75) is 18.6 Å². The summed E-state index contributed by atoms with van der Waals surface area (Å²) in [5.74, 6) is -0.534. The zero-order valence-corrected chi connectivity index (χ0v) is 10.6. The fourth-order valence-corrected chi connectivity index (χ4v) is 1.85. The number of hydrogen-bond acceptors (Lipinski definition) is 2. The second-order valence-corrected chi connectivity index (χ2v) is 4.64. The Kier molecular flexibility index (Phi) is 3.52. The normalized spacial score (nSPS) is 14.9. The van der Waals surface area contributed by atoms with Crippen molar-refractivity contribution in [1.82, 2.24) is 4.98 Å². The van der Waals surface area contributed by atoms with Gasteiger partial charge in [0.25, 0.3) is 0 Å². The number of nitrogens with zero attached hydrogens (tertiary/aromatic N) is 1. The van der Waals surface area contributed by atoms with E-state index in [1.807, 2.05) is 0 Å². The Morgan fingerprint density at radius 2 is 1.70 bits per heavy atom. The van der Waals surface area contributed by atoms with E-state index in [2.05, 4.69) is 4.98 Å². The maximum absolute atomic E-state index is 12.8. The van der Waals surface area contributed by atoms with Crippen LogP contribution in [0.3, 0.4) is 0 Å². The molecule has 0 spiro atoms. The van der Waals surface area contributed by atoms with Crippen molar-refractivity contribution in [3.05, 3.63) is 65.2 Å². The van der Waals surface area contributed by atoms with Crippen LogP contribution in [-0.4, -0.2) is 4.98 Å². The molecule has 6 heteroatoms. The SMILES string of the molecule is CC(N)(c1cccc(C(F)(F)F)c1)c1ccc(F)cn1. The summed E-state index contributed by atoms with van der Waals surface area (Å²) >= 11 is 0. The quantitative estimate of drug-likeness (QED) is 0.858. The highest BCUT2D eigenvalue weighted by Crippen LogP contribution is 2.33. The first-order valence-corrected chi connectivity index (χ1v) is 5.80. The van der Waals surface area contributed by atoms with E-state index >= 15 is 0 Å². The van der Waals surface area contributed by atoms with Gasteiger partial charge in [0, 0.05) is 0 Å². The van der Waals surface area contributed by atoms with Crippen molar-refractivity contribution in [3.8, 4) is 0 Å². The van der Waals surface area contributed by atoms with Crippen molar-refractivity contribution >= 4 is 0 Å². The first kappa shape index (κ1) is 14.5. The molecule has 1 heterocycles. The van der Waals surface area contributed by atoms with Crippen molar-refractivity contribution in [2.75, 3.05) is 0 Å². The average molecular weight is 284 g/mol. The Morgan fingerprint density at radius 1 is 1.05 bits per heavy atom. The van der Waals surface area contributed by atoms with Crippen LogP contribution in [-0.2, 0) is 11.7 Å². The topological polar surface area (TPSA) is 38.9 Å². The van der Waals surface area contributed by atoms with Crippen LogP contribution in [0.25, 0.3) is 0 Å². The van der Waals surface area contributed by atoms with E-state index in [4.69, 9.17) is 5.73 Å². The molecule has 0 saturated heterocycles. The van der Waals surface area contributed by atoms with E-state index in [-0.39, 0.29) is 5.56 Å². The van der Waals surface area contributed by atoms with Crippen LogP contribution in [0.1, 0.15) is 23.7 Å². The molecule has 0 bridgehead atoms. The fraction of sp³-hybridized carbons (Fsp3) is 0.214. The number of pyridine rings is 1. The summed E-state index contributed by atoms with van der Waals surface area (Å²) in [5, 5.41) is 0. The number of halogens is 4. The van der Waals surface area contributed by atoms with Gasteiger partial charge < -0.3 is 5.73 Å². The van der Waals surface area contributed by atoms with Crippen LogP contribution < -0.4 is 5.73 Å². The smallest absolute Gasteiger partial charge is 0.317 e. The van der Waals surface area contributed by atoms with E-state index in [0.717, 1.165) is 18.3 Å². The Balaban J connectivity index is 2.46. The first-order valence-electron chi connectivity index (χ1n) is 5.80. The second kappa shape index (κ2) is 4.86. The van der Waals surface area contributed by atoms with E-state index in [0.29, 0.717) is 5.69 Å². The molecule has 1 unspecified atom stereocenters. The minimum atomic E-state index is -4.44. The van der Waals surface area contributed by atoms with Gasteiger partial charge in [-0.15, -0.1) is 0 Å². The van der Waals surface area contributed by atoms with Crippen molar-refractivity contribution in [1.29, 1.82) is 0 Å². The molecule has 1 aromatic heterocycles. The molecule has 0 radical (unpaired) electrons. The lowest BCUT2D eigenvalue weighted by Crippen LogP contribution is -2.35. The lowest BCUT2D eigenvalue weighted by atomic mass is 9.88. The first-order chi connectivity index (χ1) is 9.21. The number of hydrogen-bond donors (Lipinski definition) is 1. The van der Waals surface area contributed by atoms with Crippen LogP contribution in [0.15, 0.2) is 42.6 Å². The summed E-state index contributed by atoms with van der Waals surface area (Å²) in [6, 6.07) is 7.24. The number of rotatable bonds is 2. The summed E-state index contributed by atoms with van der Waals surface area (Å²) in [7, 11) is 0. The Bertz CT molecular complexity index is 603. The minimum Gasteiger partial charge on any atom is -0.317 e. The van der Waals surface area contributed by atoms with Gasteiger partial charge in [0.1, 0.15) is 5.82 Å². The molecule has 1 atom stereocenters. The largest absolute Gasteiger partial charge is 0.416 e. The maximum atomic E-state index is 12.8. The predicted octanol–water partition coefficient (Wildman–Crippen LogP) is 3.46. The monoisotopic (exact) mass is 284 g/mol. The second-order valence-electron chi connectivity index (χ2n) is 4.64. The van der Waals surface area contributed by atoms with Gasteiger partial charge in [0.15, 0.2) is 0 Å². The molecule has 106 valence electrons. The molecule has 1 aromatic carbocycles. The van der Waals surface area contributed by atoms with E-state index in [1.54, 1.807) is 0 Å². The van der Waals surface area contributed by atoms with E-state index in [1.165, 1.54) is 31.2 Å². The molecule has 2 aromatic rings. The number of benzene rings is 1. The summed E-state index contributed by atoms with van der Waals surface area (Å²) in [4.78, 5) is 3.84. The van der Waals surface area contributed by atoms with E-state index < -0.39 is 23.1 Å². The van der Waals surface area contributed by atoms with Gasteiger partial charge in [-0.25, -0.2) is 4.39 Å². The molecule has 20 heavy (non-hydrogen) atoms. The molecule has 0 fully saturated rings. The van der Waals surface area contributed by atoms with Crippen LogP contribution in [0.4, 0.5) is 17.6 Å². The Morgan fingerprint density at radius 3 is 2.25 bits per heavy atom. The lowest BCUT2D eigenvalue weighted by Gasteiger charge is -2.25. The summed E-state index contributed by atoms with van der Waals surface area (Å²) in [6.07, 6.45) is -3.46. The highest BCUT2D eigenvalue weighted by Gasteiger charge is 2.33. The van der Waals surface area contributed by atoms with Crippen LogP contribution >= 0.6 is 0 Å². The van der Waals surface area contributed by atoms with Gasteiger partial charge in [0.2, 0.25) is 0 Å². The number of alkyl halides is 3. The molecule has 2 N–H and O–H groups in total. The average Bonchev–Trinajstić information content (AvgIpc) is 2.38. The van der Waals surface area contributed by atoms with Crippen molar-refractivity contribution in [2.24, 2.45) is 5.73 Å². The molecular formula is C14H12F4N2. The zero-order chi connectivity index (χ0) is 15.0. The summed E-state index contributed by atoms with van der Waals surface area (Å²) in [6.45, 7) is 1.53. The molecule has 2 nitrogen and oxygen atoms in total. The number of aromatic nitrogens is 1. The van der Waals surface area contributed by atoms with Crippen LogP contribution in [0, 0.1) is 5.82 Å². The lowest BCUT2D eigenvalue weighted by molar-refractivity contribution is -0.137. The molecule has 0 saturated carbocycles.